The van der Waals surface area contributed by atoms with Crippen LogP contribution in [0.4, 0.5) is 4.79 Å². The Morgan fingerprint density at radius 1 is 1.35 bits per heavy atom. The molecule has 0 radical (unpaired) electrons. The molecule has 2 fully saturated rings. The van der Waals surface area contributed by atoms with Crippen LogP contribution in [0.1, 0.15) is 24.0 Å². The van der Waals surface area contributed by atoms with E-state index in [9.17, 15) is 9.59 Å². The van der Waals surface area contributed by atoms with E-state index in [2.05, 4.69) is 0 Å². The fourth-order valence-electron chi connectivity index (χ4n) is 3.03. The average molecular weight is 274 g/mol. The lowest BCUT2D eigenvalue weighted by atomic mass is 10.1. The molecule has 5 nitrogen and oxygen atoms in total. The van der Waals surface area contributed by atoms with Gasteiger partial charge in [0.2, 0.25) is 0 Å². The van der Waals surface area contributed by atoms with Crippen molar-refractivity contribution >= 4 is 11.9 Å². The van der Waals surface area contributed by atoms with Gasteiger partial charge in [-0.15, -0.1) is 0 Å². The van der Waals surface area contributed by atoms with Gasteiger partial charge in [-0.25, -0.2) is 4.79 Å². The smallest absolute Gasteiger partial charge is 0.327 e. The number of urea groups is 1. The molecule has 1 aromatic carbocycles. The van der Waals surface area contributed by atoms with Gasteiger partial charge in [-0.3, -0.25) is 9.69 Å². The van der Waals surface area contributed by atoms with Crippen LogP contribution in [0.3, 0.4) is 0 Å². The second kappa shape index (κ2) is 4.81. The van der Waals surface area contributed by atoms with Crippen LogP contribution in [0.2, 0.25) is 0 Å². The fourth-order valence-corrected chi connectivity index (χ4v) is 3.03. The van der Waals surface area contributed by atoms with Crippen molar-refractivity contribution in [1.29, 1.82) is 0 Å². The molecule has 0 spiro atoms. The number of methoxy groups -OCH3 is 1. The number of ether oxygens (including phenoxy) is 1. The van der Waals surface area contributed by atoms with Crippen molar-refractivity contribution in [3.8, 4) is 5.75 Å². The molecule has 20 heavy (non-hydrogen) atoms. The number of nitrogens with zero attached hydrogens (tertiary/aromatic N) is 2. The van der Waals surface area contributed by atoms with Gasteiger partial charge in [-0.1, -0.05) is 17.7 Å². The summed E-state index contributed by atoms with van der Waals surface area (Å²) < 4.78 is 5.31. The summed E-state index contributed by atoms with van der Waals surface area (Å²) in [5.41, 5.74) is 1.95. The molecule has 106 valence electrons. The number of carbonyl (C=O) groups excluding carboxylic acids is 2. The number of amides is 3. The summed E-state index contributed by atoms with van der Waals surface area (Å²) in [6, 6.07) is 5.38. The highest BCUT2D eigenvalue weighted by Gasteiger charge is 2.47. The zero-order valence-electron chi connectivity index (χ0n) is 11.8. The van der Waals surface area contributed by atoms with E-state index >= 15 is 0 Å². The number of imide groups is 1. The summed E-state index contributed by atoms with van der Waals surface area (Å²) in [5, 5.41) is 0. The van der Waals surface area contributed by atoms with Crippen LogP contribution in [0.5, 0.6) is 5.75 Å². The van der Waals surface area contributed by atoms with Gasteiger partial charge in [0, 0.05) is 12.1 Å². The largest absolute Gasteiger partial charge is 0.496 e. The molecule has 0 saturated carbocycles. The highest BCUT2D eigenvalue weighted by Crippen LogP contribution is 2.30. The summed E-state index contributed by atoms with van der Waals surface area (Å²) >= 11 is 0. The molecule has 1 unspecified atom stereocenters. The lowest BCUT2D eigenvalue weighted by Gasteiger charge is -2.17. The lowest BCUT2D eigenvalue weighted by molar-refractivity contribution is -0.128. The summed E-state index contributed by atoms with van der Waals surface area (Å²) in [7, 11) is 1.60. The molecule has 2 aliphatic rings. The number of aryl methyl sites for hydroxylation is 1. The maximum Gasteiger partial charge on any atom is 0.327 e. The minimum Gasteiger partial charge on any atom is -0.496 e. The predicted molar refractivity (Wildman–Crippen MR) is 73.4 cm³/mol. The topological polar surface area (TPSA) is 49.9 Å². The summed E-state index contributed by atoms with van der Waals surface area (Å²) in [6.07, 6.45) is 1.70. The van der Waals surface area contributed by atoms with Crippen LogP contribution in [-0.2, 0) is 11.3 Å². The van der Waals surface area contributed by atoms with Crippen LogP contribution in [0, 0.1) is 6.92 Å². The highest BCUT2D eigenvalue weighted by molar-refractivity contribution is 6.04. The van der Waals surface area contributed by atoms with Gasteiger partial charge in [0.05, 0.1) is 13.7 Å². The molecule has 5 heteroatoms. The molecule has 2 saturated heterocycles. The molecule has 0 aromatic heterocycles. The summed E-state index contributed by atoms with van der Waals surface area (Å²) in [5.74, 6) is 0.638. The minimum absolute atomic E-state index is 0.0731. The van der Waals surface area contributed by atoms with Crippen molar-refractivity contribution < 1.29 is 14.3 Å². The van der Waals surface area contributed by atoms with Gasteiger partial charge in [0.1, 0.15) is 11.8 Å². The highest BCUT2D eigenvalue weighted by atomic mass is 16.5. The van der Waals surface area contributed by atoms with Crippen LogP contribution < -0.4 is 4.74 Å². The molecule has 2 heterocycles. The third-order valence-electron chi connectivity index (χ3n) is 4.04. The number of rotatable bonds is 3. The SMILES string of the molecule is COc1ccc(C)cc1CN1C(=O)C2CCCN2C1=O. The van der Waals surface area contributed by atoms with Gasteiger partial charge in [0.25, 0.3) is 5.91 Å². The van der Waals surface area contributed by atoms with E-state index in [1.54, 1.807) is 12.0 Å². The predicted octanol–water partition coefficient (Wildman–Crippen LogP) is 1.93. The van der Waals surface area contributed by atoms with Crippen molar-refractivity contribution in [3.63, 3.8) is 0 Å². The Morgan fingerprint density at radius 2 is 2.15 bits per heavy atom. The molecule has 0 N–H and O–H groups in total. The van der Waals surface area contributed by atoms with Crippen molar-refractivity contribution in [3.05, 3.63) is 29.3 Å². The first kappa shape index (κ1) is 13.0. The Bertz CT molecular complexity index is 548. The maximum atomic E-state index is 12.3. The average Bonchev–Trinajstić information content (AvgIpc) is 2.99. The van der Waals surface area contributed by atoms with Crippen molar-refractivity contribution in [2.75, 3.05) is 13.7 Å². The van der Waals surface area contributed by atoms with E-state index in [4.69, 9.17) is 4.74 Å². The van der Waals surface area contributed by atoms with Gasteiger partial charge < -0.3 is 9.64 Å². The Kier molecular flexibility index (Phi) is 3.12. The van der Waals surface area contributed by atoms with Gasteiger partial charge in [0.15, 0.2) is 0 Å². The Balaban J connectivity index is 1.86. The zero-order valence-corrected chi connectivity index (χ0v) is 11.8. The van der Waals surface area contributed by atoms with Crippen molar-refractivity contribution in [2.24, 2.45) is 0 Å². The van der Waals surface area contributed by atoms with E-state index in [-0.39, 0.29) is 24.5 Å². The second-order valence-corrected chi connectivity index (χ2v) is 5.37. The molecular weight excluding hydrogens is 256 g/mol. The maximum absolute atomic E-state index is 12.3. The Labute approximate surface area is 118 Å². The molecule has 3 rings (SSSR count). The van der Waals surface area contributed by atoms with E-state index in [1.165, 1.54) is 4.90 Å². The third-order valence-corrected chi connectivity index (χ3v) is 4.04. The molecule has 2 aliphatic heterocycles. The fraction of sp³-hybridized carbons (Fsp3) is 0.467. The van der Waals surface area contributed by atoms with E-state index in [0.717, 1.165) is 24.0 Å². The summed E-state index contributed by atoms with van der Waals surface area (Å²) in [6.45, 7) is 2.96. The van der Waals surface area contributed by atoms with Crippen LogP contribution in [0.15, 0.2) is 18.2 Å². The molecule has 0 aliphatic carbocycles. The molecule has 1 aromatic rings. The van der Waals surface area contributed by atoms with Crippen LogP contribution >= 0.6 is 0 Å². The van der Waals surface area contributed by atoms with E-state index < -0.39 is 0 Å². The lowest BCUT2D eigenvalue weighted by Crippen LogP contribution is -2.32. The van der Waals surface area contributed by atoms with Gasteiger partial charge in [-0.05, 0) is 25.8 Å². The third kappa shape index (κ3) is 1.94. The van der Waals surface area contributed by atoms with Crippen LogP contribution in [-0.4, -0.2) is 41.4 Å². The molecule has 0 bridgehead atoms. The number of fused-ring (bicyclic) bond motifs is 1. The number of hydrogen-bond acceptors (Lipinski definition) is 3. The quantitative estimate of drug-likeness (QED) is 0.791. The Morgan fingerprint density at radius 3 is 2.85 bits per heavy atom. The molecule has 1 atom stereocenters. The molecule has 3 amide bonds. The van der Waals surface area contributed by atoms with Crippen LogP contribution in [0.25, 0.3) is 0 Å². The first-order valence-electron chi connectivity index (χ1n) is 6.87. The van der Waals surface area contributed by atoms with Gasteiger partial charge in [-0.2, -0.15) is 0 Å². The first-order chi connectivity index (χ1) is 9.61. The molecular formula is C15H18N2O3. The number of carbonyl (C=O) groups is 2. The monoisotopic (exact) mass is 274 g/mol. The normalized spacial score (nSPS) is 21.6. The zero-order chi connectivity index (χ0) is 14.3. The standard InChI is InChI=1S/C15H18N2O3/c1-10-5-6-13(20-2)11(8-10)9-17-14(18)12-4-3-7-16(12)15(17)19/h5-6,8,12H,3-4,7,9H2,1-2H3. The van der Waals surface area contributed by atoms with Crippen molar-refractivity contribution in [1.82, 2.24) is 9.80 Å². The number of hydrogen-bond donors (Lipinski definition) is 0. The van der Waals surface area contributed by atoms with Gasteiger partial charge >= 0.3 is 6.03 Å². The van der Waals surface area contributed by atoms with Crippen molar-refractivity contribution in [2.45, 2.75) is 32.4 Å². The minimum atomic E-state index is -0.238. The first-order valence-corrected chi connectivity index (χ1v) is 6.87. The second-order valence-electron chi connectivity index (χ2n) is 5.37. The van der Waals surface area contributed by atoms with E-state index in [1.807, 2.05) is 25.1 Å². The number of benzene rings is 1. The Hall–Kier alpha value is -2.04. The van der Waals surface area contributed by atoms with E-state index in [0.29, 0.717) is 12.3 Å². The summed E-state index contributed by atoms with van der Waals surface area (Å²) in [4.78, 5) is 27.6.